The minimum atomic E-state index is -0.196. The van der Waals surface area contributed by atoms with E-state index < -0.39 is 0 Å². The highest BCUT2D eigenvalue weighted by Gasteiger charge is 2.22. The molecule has 0 aliphatic carbocycles. The molecule has 6 nitrogen and oxygen atoms in total. The molecule has 0 atom stereocenters. The minimum Gasteiger partial charge on any atom is -0.453 e. The van der Waals surface area contributed by atoms with Crippen molar-refractivity contribution < 1.29 is 8.81 Å². The molecular formula is C19H18FN5OS. The summed E-state index contributed by atoms with van der Waals surface area (Å²) in [7, 11) is 1.90. The predicted molar refractivity (Wildman–Crippen MR) is 99.9 cm³/mol. The molecule has 1 aromatic carbocycles. The first-order chi connectivity index (χ1) is 13.2. The monoisotopic (exact) mass is 383 g/mol. The molecule has 4 heterocycles. The lowest BCUT2D eigenvalue weighted by atomic mass is 10.0. The molecule has 0 spiro atoms. The number of hydrogen-bond acceptors (Lipinski definition) is 5. The van der Waals surface area contributed by atoms with Gasteiger partial charge in [-0.25, -0.2) is 4.39 Å². The molecule has 138 valence electrons. The first-order valence-electron chi connectivity index (χ1n) is 8.77. The molecule has 1 N–H and O–H groups in total. The Kier molecular flexibility index (Phi) is 4.02. The minimum absolute atomic E-state index is 0.196. The van der Waals surface area contributed by atoms with Crippen LogP contribution in [0.2, 0.25) is 0 Å². The van der Waals surface area contributed by atoms with Crippen LogP contribution < -0.4 is 0 Å². The second kappa shape index (κ2) is 6.54. The number of fused-ring (bicyclic) bond motifs is 3. The molecule has 3 aromatic heterocycles. The third-order valence-electron chi connectivity index (χ3n) is 4.89. The second-order valence-corrected chi connectivity index (χ2v) is 7.75. The Labute approximate surface area is 159 Å². The Balaban J connectivity index is 1.32. The number of aromatic nitrogens is 4. The molecule has 0 unspecified atom stereocenters. The van der Waals surface area contributed by atoms with Crippen LogP contribution >= 0.6 is 11.8 Å². The topological polar surface area (TPSA) is 62.9 Å². The second-order valence-electron chi connectivity index (χ2n) is 6.78. The van der Waals surface area contributed by atoms with Crippen LogP contribution in [0.15, 0.2) is 51.3 Å². The van der Waals surface area contributed by atoms with Gasteiger partial charge < -0.3 is 14.0 Å². The summed E-state index contributed by atoms with van der Waals surface area (Å²) in [4.78, 5) is 5.76. The number of nitrogens with one attached hydrogen (secondary N) is 1. The van der Waals surface area contributed by atoms with E-state index in [0.717, 1.165) is 53.0 Å². The molecule has 8 heteroatoms. The molecule has 1 aliphatic heterocycles. The SMILES string of the molecule is Cn1cnnc1Sc1ccc(CN2CCc3[nH]c4ccc(F)cc4c3C2)o1. The number of aryl methyl sites for hydroxylation is 1. The molecule has 0 bridgehead atoms. The summed E-state index contributed by atoms with van der Waals surface area (Å²) in [6, 6.07) is 8.90. The van der Waals surface area contributed by atoms with Crippen molar-refractivity contribution in [2.24, 2.45) is 7.05 Å². The number of nitrogens with zero attached hydrogens (tertiary/aromatic N) is 4. The summed E-state index contributed by atoms with van der Waals surface area (Å²) in [6.07, 6.45) is 2.59. The highest BCUT2D eigenvalue weighted by molar-refractivity contribution is 7.99. The van der Waals surface area contributed by atoms with E-state index in [1.165, 1.54) is 29.1 Å². The third-order valence-corrected chi connectivity index (χ3v) is 5.87. The lowest BCUT2D eigenvalue weighted by Crippen LogP contribution is -2.29. The number of aromatic amines is 1. The van der Waals surface area contributed by atoms with E-state index in [2.05, 4.69) is 20.1 Å². The average Bonchev–Trinajstić information content (AvgIpc) is 3.35. The van der Waals surface area contributed by atoms with Crippen LogP contribution in [0.3, 0.4) is 0 Å². The van der Waals surface area contributed by atoms with E-state index in [0.29, 0.717) is 0 Å². The van der Waals surface area contributed by atoms with Crippen molar-refractivity contribution in [2.45, 2.75) is 29.8 Å². The number of halogens is 1. The Morgan fingerprint density at radius 1 is 1.30 bits per heavy atom. The summed E-state index contributed by atoms with van der Waals surface area (Å²) in [5, 5.41) is 10.5. The summed E-state index contributed by atoms with van der Waals surface area (Å²) in [5.74, 6) is 0.715. The molecule has 27 heavy (non-hydrogen) atoms. The number of rotatable bonds is 4. The number of benzene rings is 1. The maximum Gasteiger partial charge on any atom is 0.198 e. The number of H-pyrrole nitrogens is 1. The van der Waals surface area contributed by atoms with E-state index in [1.54, 1.807) is 12.4 Å². The van der Waals surface area contributed by atoms with E-state index in [4.69, 9.17) is 4.42 Å². The van der Waals surface area contributed by atoms with Crippen molar-refractivity contribution in [1.29, 1.82) is 0 Å². The predicted octanol–water partition coefficient (Wildman–Crippen LogP) is 3.74. The van der Waals surface area contributed by atoms with Crippen LogP contribution in [-0.4, -0.2) is 31.2 Å². The van der Waals surface area contributed by atoms with Crippen LogP contribution in [-0.2, 0) is 26.6 Å². The van der Waals surface area contributed by atoms with Crippen LogP contribution in [0.25, 0.3) is 10.9 Å². The Bertz CT molecular complexity index is 1110. The van der Waals surface area contributed by atoms with Gasteiger partial charge in [0.05, 0.1) is 6.54 Å². The summed E-state index contributed by atoms with van der Waals surface area (Å²) in [6.45, 7) is 2.45. The fourth-order valence-corrected chi connectivity index (χ4v) is 4.29. The largest absolute Gasteiger partial charge is 0.453 e. The molecule has 0 radical (unpaired) electrons. The van der Waals surface area contributed by atoms with E-state index in [-0.39, 0.29) is 5.82 Å². The highest BCUT2D eigenvalue weighted by Crippen LogP contribution is 2.31. The van der Waals surface area contributed by atoms with Gasteiger partial charge in [0.25, 0.3) is 0 Å². The standard InChI is InChI=1S/C19H18FN5OS/c1-24-11-21-23-19(24)27-18-5-3-13(26-18)9-25-7-6-17-15(10-25)14-8-12(20)2-4-16(14)22-17/h2-5,8,11,22H,6-7,9-10H2,1H3. The smallest absolute Gasteiger partial charge is 0.198 e. The fraction of sp³-hybridized carbons (Fsp3) is 0.263. The van der Waals surface area contributed by atoms with Gasteiger partial charge in [-0.05, 0) is 47.7 Å². The molecule has 0 saturated heterocycles. The van der Waals surface area contributed by atoms with Crippen molar-refractivity contribution in [3.63, 3.8) is 0 Å². The van der Waals surface area contributed by atoms with E-state index in [9.17, 15) is 4.39 Å². The van der Waals surface area contributed by atoms with E-state index >= 15 is 0 Å². The van der Waals surface area contributed by atoms with Crippen molar-refractivity contribution in [3.8, 4) is 0 Å². The van der Waals surface area contributed by atoms with Gasteiger partial charge in [-0.15, -0.1) is 10.2 Å². The third kappa shape index (κ3) is 3.15. The number of furan rings is 1. The van der Waals surface area contributed by atoms with Gasteiger partial charge >= 0.3 is 0 Å². The molecular weight excluding hydrogens is 365 g/mol. The Morgan fingerprint density at radius 2 is 2.22 bits per heavy atom. The maximum atomic E-state index is 13.7. The van der Waals surface area contributed by atoms with Gasteiger partial charge in [-0.3, -0.25) is 4.90 Å². The van der Waals surface area contributed by atoms with Crippen LogP contribution in [0.1, 0.15) is 17.0 Å². The van der Waals surface area contributed by atoms with Gasteiger partial charge in [0.1, 0.15) is 17.9 Å². The summed E-state index contributed by atoms with van der Waals surface area (Å²) in [5.41, 5.74) is 3.41. The van der Waals surface area contributed by atoms with Gasteiger partial charge in [0.2, 0.25) is 0 Å². The first kappa shape index (κ1) is 16.6. The quantitative estimate of drug-likeness (QED) is 0.582. The van der Waals surface area contributed by atoms with Crippen molar-refractivity contribution in [1.82, 2.24) is 24.6 Å². The molecule has 0 amide bonds. The lowest BCUT2D eigenvalue weighted by molar-refractivity contribution is 0.220. The highest BCUT2D eigenvalue weighted by atomic mass is 32.2. The van der Waals surface area contributed by atoms with Gasteiger partial charge in [0, 0.05) is 43.2 Å². The normalized spacial score (nSPS) is 14.7. The number of hydrogen-bond donors (Lipinski definition) is 1. The maximum absolute atomic E-state index is 13.7. The summed E-state index contributed by atoms with van der Waals surface area (Å²) < 4.78 is 21.5. The van der Waals surface area contributed by atoms with Gasteiger partial charge in [0.15, 0.2) is 10.2 Å². The zero-order valence-corrected chi connectivity index (χ0v) is 15.6. The van der Waals surface area contributed by atoms with Crippen LogP contribution in [0.5, 0.6) is 0 Å². The molecule has 1 aliphatic rings. The zero-order chi connectivity index (χ0) is 18.4. The fourth-order valence-electron chi connectivity index (χ4n) is 3.55. The van der Waals surface area contributed by atoms with E-state index in [1.807, 2.05) is 29.8 Å². The summed E-state index contributed by atoms with van der Waals surface area (Å²) >= 11 is 1.45. The molecule has 5 rings (SSSR count). The molecule has 0 fully saturated rings. The van der Waals surface area contributed by atoms with Gasteiger partial charge in [-0.1, -0.05) is 0 Å². The Morgan fingerprint density at radius 3 is 3.07 bits per heavy atom. The van der Waals surface area contributed by atoms with Crippen molar-refractivity contribution in [3.05, 3.63) is 59.5 Å². The van der Waals surface area contributed by atoms with Gasteiger partial charge in [-0.2, -0.15) is 0 Å². The Hall–Kier alpha value is -2.58. The lowest BCUT2D eigenvalue weighted by Gasteiger charge is -2.26. The average molecular weight is 383 g/mol. The first-order valence-corrected chi connectivity index (χ1v) is 9.59. The van der Waals surface area contributed by atoms with Crippen molar-refractivity contribution >= 4 is 22.7 Å². The van der Waals surface area contributed by atoms with Crippen LogP contribution in [0, 0.1) is 5.82 Å². The molecule has 4 aromatic rings. The van der Waals surface area contributed by atoms with Crippen molar-refractivity contribution in [2.75, 3.05) is 6.54 Å². The molecule has 0 saturated carbocycles. The zero-order valence-electron chi connectivity index (χ0n) is 14.8. The van der Waals surface area contributed by atoms with Crippen LogP contribution in [0.4, 0.5) is 4.39 Å².